The summed E-state index contributed by atoms with van der Waals surface area (Å²) in [7, 11) is 0. The monoisotopic (exact) mass is 191 g/mol. The normalized spacial score (nSPS) is 15.2. The zero-order valence-electron chi connectivity index (χ0n) is 7.90. The molecule has 1 fully saturated rings. The second-order valence-electron chi connectivity index (χ2n) is 3.51. The summed E-state index contributed by atoms with van der Waals surface area (Å²) in [5, 5.41) is 0. The molecule has 14 heavy (non-hydrogen) atoms. The lowest BCUT2D eigenvalue weighted by Gasteiger charge is -2.09. The van der Waals surface area contributed by atoms with Crippen molar-refractivity contribution >= 4 is 6.29 Å². The zero-order valence-corrected chi connectivity index (χ0v) is 7.90. The SMILES string of the molecule is NCc1ccc(C=O)cc1OC1CC1. The van der Waals surface area contributed by atoms with Gasteiger partial charge in [0, 0.05) is 17.7 Å². The molecule has 2 rings (SSSR count). The first-order valence-electron chi connectivity index (χ1n) is 4.78. The van der Waals surface area contributed by atoms with Crippen molar-refractivity contribution in [2.75, 3.05) is 0 Å². The van der Waals surface area contributed by atoms with E-state index in [0.717, 1.165) is 30.4 Å². The Morgan fingerprint density at radius 3 is 2.86 bits per heavy atom. The summed E-state index contributed by atoms with van der Waals surface area (Å²) in [6, 6.07) is 5.36. The number of aldehydes is 1. The van der Waals surface area contributed by atoms with Crippen LogP contribution in [0.1, 0.15) is 28.8 Å². The third kappa shape index (κ3) is 1.93. The molecular weight excluding hydrogens is 178 g/mol. The molecule has 74 valence electrons. The maximum absolute atomic E-state index is 10.6. The predicted molar refractivity (Wildman–Crippen MR) is 53.4 cm³/mol. The standard InChI is InChI=1S/C11H13NO2/c12-6-9-2-1-8(7-13)5-11(9)14-10-3-4-10/h1-2,5,7,10H,3-4,6,12H2. The molecule has 0 aromatic heterocycles. The van der Waals surface area contributed by atoms with E-state index in [0.29, 0.717) is 18.2 Å². The number of carbonyl (C=O) groups is 1. The zero-order chi connectivity index (χ0) is 9.97. The second kappa shape index (κ2) is 3.80. The van der Waals surface area contributed by atoms with E-state index in [-0.39, 0.29) is 0 Å². The third-order valence-electron chi connectivity index (χ3n) is 2.27. The molecule has 0 saturated heterocycles. The molecule has 1 aromatic rings. The fourth-order valence-electron chi connectivity index (χ4n) is 1.29. The van der Waals surface area contributed by atoms with E-state index >= 15 is 0 Å². The fourth-order valence-corrected chi connectivity index (χ4v) is 1.29. The molecule has 1 aliphatic carbocycles. The minimum atomic E-state index is 0.335. The Labute approximate surface area is 82.9 Å². The summed E-state index contributed by atoms with van der Waals surface area (Å²) in [6.07, 6.45) is 3.37. The van der Waals surface area contributed by atoms with Crippen LogP contribution in [0.4, 0.5) is 0 Å². The summed E-state index contributed by atoms with van der Waals surface area (Å²) < 4.78 is 5.65. The lowest BCUT2D eigenvalue weighted by Crippen LogP contribution is -2.04. The lowest BCUT2D eigenvalue weighted by atomic mass is 10.1. The van der Waals surface area contributed by atoms with Gasteiger partial charge in [-0.3, -0.25) is 4.79 Å². The average molecular weight is 191 g/mol. The van der Waals surface area contributed by atoms with Crippen molar-refractivity contribution in [3.8, 4) is 5.75 Å². The molecule has 0 aliphatic heterocycles. The number of rotatable bonds is 4. The number of nitrogens with two attached hydrogens (primary N) is 1. The number of hydrogen-bond donors (Lipinski definition) is 1. The highest BCUT2D eigenvalue weighted by atomic mass is 16.5. The Kier molecular flexibility index (Phi) is 2.50. The topological polar surface area (TPSA) is 52.3 Å². The highest BCUT2D eigenvalue weighted by Gasteiger charge is 2.24. The van der Waals surface area contributed by atoms with Gasteiger partial charge in [0.05, 0.1) is 6.10 Å². The molecule has 1 aliphatic rings. The molecule has 3 heteroatoms. The van der Waals surface area contributed by atoms with Crippen molar-refractivity contribution < 1.29 is 9.53 Å². The first-order chi connectivity index (χ1) is 6.83. The highest BCUT2D eigenvalue weighted by molar-refractivity contribution is 5.75. The summed E-state index contributed by atoms with van der Waals surface area (Å²) in [5.74, 6) is 0.764. The van der Waals surface area contributed by atoms with Gasteiger partial charge in [-0.15, -0.1) is 0 Å². The van der Waals surface area contributed by atoms with Crippen LogP contribution < -0.4 is 10.5 Å². The number of benzene rings is 1. The van der Waals surface area contributed by atoms with E-state index in [9.17, 15) is 4.79 Å². The van der Waals surface area contributed by atoms with Crippen LogP contribution >= 0.6 is 0 Å². The van der Waals surface area contributed by atoms with E-state index in [1.165, 1.54) is 0 Å². The van der Waals surface area contributed by atoms with Crippen molar-refractivity contribution in [3.05, 3.63) is 29.3 Å². The van der Waals surface area contributed by atoms with Crippen molar-refractivity contribution in [2.45, 2.75) is 25.5 Å². The molecule has 0 atom stereocenters. The van der Waals surface area contributed by atoms with Gasteiger partial charge in [0.25, 0.3) is 0 Å². The number of carbonyl (C=O) groups excluding carboxylic acids is 1. The Hall–Kier alpha value is -1.35. The average Bonchev–Trinajstić information content (AvgIpc) is 3.01. The van der Waals surface area contributed by atoms with Crippen molar-refractivity contribution in [2.24, 2.45) is 5.73 Å². The summed E-state index contributed by atoms with van der Waals surface area (Å²) in [6.45, 7) is 0.446. The predicted octanol–water partition coefficient (Wildman–Crippen LogP) is 1.50. The van der Waals surface area contributed by atoms with Crippen molar-refractivity contribution in [3.63, 3.8) is 0 Å². The maximum Gasteiger partial charge on any atom is 0.150 e. The number of hydrogen-bond acceptors (Lipinski definition) is 3. The van der Waals surface area contributed by atoms with Gasteiger partial charge >= 0.3 is 0 Å². The number of ether oxygens (including phenoxy) is 1. The van der Waals surface area contributed by atoms with E-state index in [4.69, 9.17) is 10.5 Å². The van der Waals surface area contributed by atoms with Gasteiger partial charge in [0.15, 0.2) is 0 Å². The van der Waals surface area contributed by atoms with Crippen molar-refractivity contribution in [1.29, 1.82) is 0 Å². The fraction of sp³-hybridized carbons (Fsp3) is 0.364. The van der Waals surface area contributed by atoms with Gasteiger partial charge in [-0.05, 0) is 18.9 Å². The molecule has 0 heterocycles. The maximum atomic E-state index is 10.6. The van der Waals surface area contributed by atoms with Crippen LogP contribution in [-0.4, -0.2) is 12.4 Å². The Balaban J connectivity index is 2.26. The second-order valence-corrected chi connectivity index (χ2v) is 3.51. The smallest absolute Gasteiger partial charge is 0.150 e. The molecule has 2 N–H and O–H groups in total. The van der Waals surface area contributed by atoms with Gasteiger partial charge in [-0.1, -0.05) is 12.1 Å². The Bertz CT molecular complexity index is 345. The lowest BCUT2D eigenvalue weighted by molar-refractivity contribution is 0.112. The van der Waals surface area contributed by atoms with Crippen molar-refractivity contribution in [1.82, 2.24) is 0 Å². The molecule has 0 spiro atoms. The molecule has 0 amide bonds. The molecule has 1 aromatic carbocycles. The van der Waals surface area contributed by atoms with Gasteiger partial charge in [-0.2, -0.15) is 0 Å². The summed E-state index contributed by atoms with van der Waals surface area (Å²) in [5.41, 5.74) is 7.17. The molecule has 0 radical (unpaired) electrons. The molecule has 0 bridgehead atoms. The Morgan fingerprint density at radius 1 is 1.50 bits per heavy atom. The van der Waals surface area contributed by atoms with Crippen LogP contribution in [-0.2, 0) is 6.54 Å². The quantitative estimate of drug-likeness (QED) is 0.734. The first-order valence-corrected chi connectivity index (χ1v) is 4.78. The van der Waals surface area contributed by atoms with Crippen LogP contribution in [0.15, 0.2) is 18.2 Å². The largest absolute Gasteiger partial charge is 0.490 e. The van der Waals surface area contributed by atoms with Crippen LogP contribution in [0, 0.1) is 0 Å². The third-order valence-corrected chi connectivity index (χ3v) is 2.27. The minimum Gasteiger partial charge on any atom is -0.490 e. The van der Waals surface area contributed by atoms with Gasteiger partial charge in [0.1, 0.15) is 12.0 Å². The van der Waals surface area contributed by atoms with E-state index < -0.39 is 0 Å². The van der Waals surface area contributed by atoms with E-state index in [1.807, 2.05) is 6.07 Å². The van der Waals surface area contributed by atoms with E-state index in [2.05, 4.69) is 0 Å². The van der Waals surface area contributed by atoms with Crippen LogP contribution in [0.5, 0.6) is 5.75 Å². The van der Waals surface area contributed by atoms with Crippen LogP contribution in [0.25, 0.3) is 0 Å². The summed E-state index contributed by atoms with van der Waals surface area (Å²) in [4.78, 5) is 10.6. The minimum absolute atomic E-state index is 0.335. The summed E-state index contributed by atoms with van der Waals surface area (Å²) >= 11 is 0. The van der Waals surface area contributed by atoms with E-state index in [1.54, 1.807) is 12.1 Å². The van der Waals surface area contributed by atoms with Gasteiger partial charge < -0.3 is 10.5 Å². The molecular formula is C11H13NO2. The van der Waals surface area contributed by atoms with Gasteiger partial charge in [0.2, 0.25) is 0 Å². The van der Waals surface area contributed by atoms with Crippen LogP contribution in [0.3, 0.4) is 0 Å². The molecule has 1 saturated carbocycles. The first kappa shape index (κ1) is 9.21. The molecule has 3 nitrogen and oxygen atoms in total. The Morgan fingerprint density at radius 2 is 2.29 bits per heavy atom. The highest BCUT2D eigenvalue weighted by Crippen LogP contribution is 2.29. The van der Waals surface area contributed by atoms with Gasteiger partial charge in [-0.25, -0.2) is 0 Å². The molecule has 0 unspecified atom stereocenters. The van der Waals surface area contributed by atoms with Crippen LogP contribution in [0.2, 0.25) is 0 Å².